The predicted octanol–water partition coefficient (Wildman–Crippen LogP) is 4.35. The van der Waals surface area contributed by atoms with Crippen LogP contribution in [-0.4, -0.2) is 57.7 Å². The van der Waals surface area contributed by atoms with Gasteiger partial charge in [-0.25, -0.2) is 15.0 Å². The third kappa shape index (κ3) is 5.40. The average molecular weight is 454 g/mol. The van der Waals surface area contributed by atoms with Crippen LogP contribution < -0.4 is 10.1 Å². The van der Waals surface area contributed by atoms with Crippen LogP contribution in [-0.2, 0) is 4.74 Å². The number of halogens is 3. The molecule has 2 fully saturated rings. The van der Waals surface area contributed by atoms with Crippen LogP contribution in [0.2, 0.25) is 0 Å². The van der Waals surface area contributed by atoms with Gasteiger partial charge >= 0.3 is 6.18 Å². The van der Waals surface area contributed by atoms with Crippen molar-refractivity contribution in [3.05, 3.63) is 18.0 Å². The Bertz CT molecular complexity index is 929. The van der Waals surface area contributed by atoms with Gasteiger partial charge in [0.1, 0.15) is 6.10 Å². The van der Waals surface area contributed by atoms with E-state index in [1.807, 2.05) is 0 Å². The molecule has 0 aliphatic heterocycles. The first-order valence-electron chi connectivity index (χ1n) is 11.1. The molecule has 0 spiro atoms. The lowest BCUT2D eigenvalue weighted by atomic mass is 9.83. The molecular formula is C22H29F3N4O3. The van der Waals surface area contributed by atoms with Crippen molar-refractivity contribution in [3.63, 3.8) is 0 Å². The number of hydrogen-bond donors (Lipinski definition) is 2. The quantitative estimate of drug-likeness (QED) is 0.643. The van der Waals surface area contributed by atoms with Crippen LogP contribution in [0.4, 0.5) is 19.1 Å². The van der Waals surface area contributed by atoms with Gasteiger partial charge in [0.2, 0.25) is 11.8 Å². The van der Waals surface area contributed by atoms with Gasteiger partial charge in [0.05, 0.1) is 29.5 Å². The molecule has 4 rings (SSSR count). The van der Waals surface area contributed by atoms with E-state index in [9.17, 15) is 18.3 Å². The standard InChI is InChI=1S/C22H29F3N4O3/c1-12(9-22(23,24)25)28-21-27-11-18-19(29-21)17(13-3-5-14(30)6-4-13)10-26-20(18)32-16-7-15(8-16)31-2/h10-16,30H,3-9H2,1-2H3,(H,27,28,29)/t12-,13?,14?,15?,16?/m0/s1. The van der Waals surface area contributed by atoms with Crippen LogP contribution in [0.15, 0.2) is 12.4 Å². The topological polar surface area (TPSA) is 89.4 Å². The molecule has 0 bridgehead atoms. The second kappa shape index (κ2) is 9.35. The van der Waals surface area contributed by atoms with Gasteiger partial charge in [-0.05, 0) is 38.5 Å². The summed E-state index contributed by atoms with van der Waals surface area (Å²) in [6, 6.07) is -0.862. The number of hydrogen-bond acceptors (Lipinski definition) is 7. The fourth-order valence-electron chi connectivity index (χ4n) is 4.45. The van der Waals surface area contributed by atoms with E-state index in [-0.39, 0.29) is 30.2 Å². The minimum Gasteiger partial charge on any atom is -0.474 e. The lowest BCUT2D eigenvalue weighted by Crippen LogP contribution is -2.39. The highest BCUT2D eigenvalue weighted by atomic mass is 19.4. The van der Waals surface area contributed by atoms with Crippen LogP contribution >= 0.6 is 0 Å². The zero-order valence-electron chi connectivity index (χ0n) is 18.2. The molecule has 2 aromatic rings. The highest BCUT2D eigenvalue weighted by molar-refractivity contribution is 5.86. The largest absolute Gasteiger partial charge is 0.474 e. The molecule has 0 saturated heterocycles. The summed E-state index contributed by atoms with van der Waals surface area (Å²) >= 11 is 0. The van der Waals surface area contributed by atoms with Crippen LogP contribution in [0.25, 0.3) is 10.9 Å². The molecule has 1 atom stereocenters. The minimum absolute atomic E-state index is 0.00376. The third-order valence-electron chi connectivity index (χ3n) is 6.33. The van der Waals surface area contributed by atoms with E-state index >= 15 is 0 Å². The highest BCUT2D eigenvalue weighted by Crippen LogP contribution is 2.38. The van der Waals surface area contributed by atoms with Crippen molar-refractivity contribution in [2.75, 3.05) is 12.4 Å². The maximum absolute atomic E-state index is 12.7. The molecule has 0 unspecified atom stereocenters. The summed E-state index contributed by atoms with van der Waals surface area (Å²) in [5, 5.41) is 13.3. The zero-order valence-corrected chi connectivity index (χ0v) is 18.2. The Hall–Kier alpha value is -2.20. The first kappa shape index (κ1) is 23.0. The number of methoxy groups -OCH3 is 1. The molecule has 10 heteroatoms. The number of anilines is 1. The second-order valence-corrected chi connectivity index (χ2v) is 8.91. The van der Waals surface area contributed by atoms with E-state index in [4.69, 9.17) is 9.47 Å². The van der Waals surface area contributed by atoms with Crippen molar-refractivity contribution in [3.8, 4) is 5.88 Å². The lowest BCUT2D eigenvalue weighted by molar-refractivity contribution is -0.136. The number of rotatable bonds is 7. The summed E-state index contributed by atoms with van der Waals surface area (Å²) in [5.74, 6) is 0.736. The van der Waals surface area contributed by atoms with Gasteiger partial charge in [0.25, 0.3) is 0 Å². The Morgan fingerprint density at radius 2 is 1.84 bits per heavy atom. The molecule has 0 amide bonds. The van der Waals surface area contributed by atoms with Gasteiger partial charge in [-0.3, -0.25) is 0 Å². The van der Waals surface area contributed by atoms with Crippen molar-refractivity contribution < 1.29 is 27.8 Å². The fourth-order valence-corrected chi connectivity index (χ4v) is 4.45. The number of aliphatic hydroxyl groups is 1. The monoisotopic (exact) mass is 454 g/mol. The molecule has 32 heavy (non-hydrogen) atoms. The maximum atomic E-state index is 12.7. The molecular weight excluding hydrogens is 425 g/mol. The highest BCUT2D eigenvalue weighted by Gasteiger charge is 2.33. The molecule has 2 aliphatic carbocycles. The number of fused-ring (bicyclic) bond motifs is 1. The molecule has 0 aromatic carbocycles. The summed E-state index contributed by atoms with van der Waals surface area (Å²) in [7, 11) is 1.67. The van der Waals surface area contributed by atoms with Crippen molar-refractivity contribution >= 4 is 16.9 Å². The smallest absolute Gasteiger partial charge is 0.391 e. The van der Waals surface area contributed by atoms with E-state index in [2.05, 4.69) is 20.3 Å². The van der Waals surface area contributed by atoms with E-state index in [0.717, 1.165) is 31.2 Å². The van der Waals surface area contributed by atoms with Crippen molar-refractivity contribution in [1.82, 2.24) is 15.0 Å². The Labute approximate surface area is 184 Å². The maximum Gasteiger partial charge on any atom is 0.391 e. The molecule has 7 nitrogen and oxygen atoms in total. The molecule has 176 valence electrons. The number of alkyl halides is 3. The normalized spacial score (nSPS) is 27.1. The molecule has 2 heterocycles. The minimum atomic E-state index is -4.27. The SMILES string of the molecule is COC1CC(Oc2ncc(C3CCC(O)CC3)c3nc(N[C@@H](C)CC(F)(F)F)ncc23)C1. The molecule has 0 radical (unpaired) electrons. The van der Waals surface area contributed by atoms with E-state index in [1.165, 1.54) is 6.92 Å². The molecule has 2 aromatic heterocycles. The number of aromatic nitrogens is 3. The van der Waals surface area contributed by atoms with Crippen molar-refractivity contribution in [2.45, 2.75) is 88.3 Å². The average Bonchev–Trinajstić information content (AvgIpc) is 2.69. The first-order valence-corrected chi connectivity index (χ1v) is 11.1. The Kier molecular flexibility index (Phi) is 6.71. The predicted molar refractivity (Wildman–Crippen MR) is 113 cm³/mol. The number of nitrogens with one attached hydrogen (secondary N) is 1. The number of ether oxygens (including phenoxy) is 2. The van der Waals surface area contributed by atoms with Crippen LogP contribution in [0, 0.1) is 0 Å². The summed E-state index contributed by atoms with van der Waals surface area (Å²) in [4.78, 5) is 13.4. The first-order chi connectivity index (χ1) is 15.2. The number of nitrogens with zero attached hydrogens (tertiary/aromatic N) is 3. The summed E-state index contributed by atoms with van der Waals surface area (Å²) in [5.41, 5.74) is 1.55. The van der Waals surface area contributed by atoms with Gasteiger partial charge in [0, 0.05) is 44.0 Å². The van der Waals surface area contributed by atoms with Gasteiger partial charge < -0.3 is 19.9 Å². The van der Waals surface area contributed by atoms with Gasteiger partial charge in [-0.1, -0.05) is 0 Å². The van der Waals surface area contributed by atoms with E-state index < -0.39 is 18.6 Å². The summed E-state index contributed by atoms with van der Waals surface area (Å²) in [6.45, 7) is 1.45. The molecule has 2 saturated carbocycles. The third-order valence-corrected chi connectivity index (χ3v) is 6.33. The van der Waals surface area contributed by atoms with E-state index in [1.54, 1.807) is 19.5 Å². The molecule has 2 aliphatic rings. The zero-order chi connectivity index (χ0) is 22.9. The lowest BCUT2D eigenvalue weighted by Gasteiger charge is -2.34. The van der Waals surface area contributed by atoms with E-state index in [0.29, 0.717) is 29.6 Å². The van der Waals surface area contributed by atoms with Crippen LogP contribution in [0.5, 0.6) is 5.88 Å². The van der Waals surface area contributed by atoms with Gasteiger partial charge in [-0.15, -0.1) is 0 Å². The van der Waals surface area contributed by atoms with Crippen molar-refractivity contribution in [1.29, 1.82) is 0 Å². The second-order valence-electron chi connectivity index (χ2n) is 8.91. The van der Waals surface area contributed by atoms with Crippen molar-refractivity contribution in [2.24, 2.45) is 0 Å². The van der Waals surface area contributed by atoms with Gasteiger partial charge in [-0.2, -0.15) is 13.2 Å². The fraction of sp³-hybridized carbons (Fsp3) is 0.682. The Balaban J connectivity index is 1.62. The number of pyridine rings is 1. The number of aliphatic hydroxyl groups excluding tert-OH is 1. The Morgan fingerprint density at radius 1 is 1.12 bits per heavy atom. The van der Waals surface area contributed by atoms with Crippen LogP contribution in [0.1, 0.15) is 63.4 Å². The van der Waals surface area contributed by atoms with Gasteiger partial charge in [0.15, 0.2) is 0 Å². The van der Waals surface area contributed by atoms with Crippen LogP contribution in [0.3, 0.4) is 0 Å². The summed E-state index contributed by atoms with van der Waals surface area (Å²) in [6.07, 6.45) is 2.50. The molecule has 2 N–H and O–H groups in total. The summed E-state index contributed by atoms with van der Waals surface area (Å²) < 4.78 is 49.6. The Morgan fingerprint density at radius 3 is 2.50 bits per heavy atom.